The minimum Gasteiger partial charge on any atom is -1.00 e. The van der Waals surface area contributed by atoms with Gasteiger partial charge >= 0.3 is 21.7 Å². The molecule has 26 heavy (non-hydrogen) atoms. The third-order valence-corrected chi connectivity index (χ3v) is 4.13. The van der Waals surface area contributed by atoms with E-state index >= 15 is 0 Å². The number of hydrogen-bond donors (Lipinski definition) is 2. The Labute approximate surface area is 182 Å². The van der Waals surface area contributed by atoms with Crippen molar-refractivity contribution >= 4 is 17.3 Å². The molecule has 0 heterocycles. The Balaban J connectivity index is 0.00000208. The number of benzene rings is 2. The van der Waals surface area contributed by atoms with Crippen LogP contribution >= 0.6 is 0 Å². The fraction of sp³-hybridized carbons (Fsp3) is 0.333. The summed E-state index contributed by atoms with van der Waals surface area (Å²) in [7, 11) is 0. The Morgan fingerprint density at radius 1 is 1.04 bits per heavy atom. The fourth-order valence-electron chi connectivity index (χ4n) is 3.08. The van der Waals surface area contributed by atoms with E-state index < -0.39 is 0 Å². The summed E-state index contributed by atoms with van der Waals surface area (Å²) in [5, 5.41) is 17.8. The van der Waals surface area contributed by atoms with Crippen LogP contribution < -0.4 is 40.6 Å². The average molecular weight is 425 g/mol. The summed E-state index contributed by atoms with van der Waals surface area (Å²) in [6.07, 6.45) is 4.25. The van der Waals surface area contributed by atoms with Crippen molar-refractivity contribution in [1.82, 2.24) is 0 Å². The summed E-state index contributed by atoms with van der Waals surface area (Å²) in [6, 6.07) is 12.7. The maximum atomic E-state index is 9.30. The third kappa shape index (κ3) is 5.15. The van der Waals surface area contributed by atoms with Crippen LogP contribution in [0.15, 0.2) is 36.4 Å². The van der Waals surface area contributed by atoms with Crippen LogP contribution in [0, 0.1) is 10.4 Å². The van der Waals surface area contributed by atoms with E-state index in [-0.39, 0.29) is 58.7 Å². The first-order valence-corrected chi connectivity index (χ1v) is 8.16. The monoisotopic (exact) mass is 424 g/mol. The minimum absolute atomic E-state index is 0. The quantitative estimate of drug-likeness (QED) is 0.342. The van der Waals surface area contributed by atoms with Gasteiger partial charge in [0.15, 0.2) is 0 Å². The van der Waals surface area contributed by atoms with Gasteiger partial charge < -0.3 is 35.2 Å². The molecule has 1 aliphatic rings. The van der Waals surface area contributed by atoms with E-state index in [4.69, 9.17) is 0 Å². The van der Waals surface area contributed by atoms with Crippen molar-refractivity contribution in [3.8, 4) is 0 Å². The molecule has 5 heteroatoms. The van der Waals surface area contributed by atoms with Crippen LogP contribution in [0.1, 0.15) is 39.7 Å². The van der Waals surface area contributed by atoms with E-state index in [1.54, 1.807) is 0 Å². The molecule has 2 N–H and O–H groups in total. The van der Waals surface area contributed by atoms with E-state index in [1.165, 1.54) is 21.2 Å². The number of hydrogen-bond acceptors (Lipinski definition) is 2. The second-order valence-electron chi connectivity index (χ2n) is 7.21. The van der Waals surface area contributed by atoms with Crippen molar-refractivity contribution in [2.75, 3.05) is 11.9 Å². The standard InChI is InChI=1S/C21H24NO.2ClH.Ti/c1-14(11-12-23)16-9-10-18-17-8-6-5-7-15(17)13-19(18)20(16)22-21(2,3)4;;;/h5-10,22-23H,11-12H2,1-4H3;2*1H;/q-1;;;+3/p-2. The zero-order valence-electron chi connectivity index (χ0n) is 15.6. The summed E-state index contributed by atoms with van der Waals surface area (Å²) in [5.41, 5.74) is 3.41. The fourth-order valence-corrected chi connectivity index (χ4v) is 3.08. The summed E-state index contributed by atoms with van der Waals surface area (Å²) in [6.45, 7) is 8.76. The van der Waals surface area contributed by atoms with Crippen LogP contribution in [-0.2, 0) is 21.7 Å². The summed E-state index contributed by atoms with van der Waals surface area (Å²) < 4.78 is 0. The number of anilines is 1. The molecule has 0 bridgehead atoms. The molecule has 0 atom stereocenters. The van der Waals surface area contributed by atoms with Crippen molar-refractivity contribution in [1.29, 1.82) is 0 Å². The van der Waals surface area contributed by atoms with Gasteiger partial charge in [0, 0.05) is 12.1 Å². The number of rotatable bonds is 3. The van der Waals surface area contributed by atoms with Gasteiger partial charge in [-0.25, -0.2) is 0 Å². The maximum Gasteiger partial charge on any atom is 3.00 e. The van der Waals surface area contributed by atoms with Crippen LogP contribution in [0.3, 0.4) is 0 Å². The molecule has 0 fully saturated rings. The average Bonchev–Trinajstić information content (AvgIpc) is 2.85. The van der Waals surface area contributed by atoms with Crippen LogP contribution in [0.2, 0.25) is 0 Å². The van der Waals surface area contributed by atoms with E-state index in [1.807, 2.05) is 0 Å². The van der Waals surface area contributed by atoms with Gasteiger partial charge in [-0.3, -0.25) is 0 Å². The van der Waals surface area contributed by atoms with E-state index in [9.17, 15) is 5.11 Å². The number of halogens is 2. The predicted molar refractivity (Wildman–Crippen MR) is 96.5 cm³/mol. The molecule has 0 saturated carbocycles. The molecule has 0 aromatic heterocycles. The molecule has 0 unspecified atom stereocenters. The van der Waals surface area contributed by atoms with Crippen molar-refractivity contribution < 1.29 is 51.6 Å². The molecule has 1 radical (unpaired) electrons. The molecular formula is C21H24Cl2NOTi. The second kappa shape index (κ2) is 9.96. The minimum atomic E-state index is -0.0418. The molecular weight excluding hydrogens is 401 g/mol. The zero-order chi connectivity index (χ0) is 16.6. The molecule has 0 amide bonds. The molecule has 1 aliphatic carbocycles. The van der Waals surface area contributed by atoms with Gasteiger partial charge in [0.2, 0.25) is 0 Å². The SMILES string of the molecule is CC(CCO)=c1ccc2c(c1NC(C)(C)C)[C-]=c1ccccc1=2.[Cl-].[Cl-].[Ti+3]. The number of aliphatic hydroxyl groups is 1. The number of nitrogens with one attached hydrogen (secondary N) is 1. The van der Waals surface area contributed by atoms with Crippen LogP contribution in [0.4, 0.5) is 5.69 Å². The molecule has 0 aliphatic heterocycles. The van der Waals surface area contributed by atoms with Crippen molar-refractivity contribution in [2.45, 2.75) is 39.7 Å². The topological polar surface area (TPSA) is 32.3 Å². The Morgan fingerprint density at radius 2 is 1.69 bits per heavy atom. The van der Waals surface area contributed by atoms with Crippen LogP contribution in [-0.4, -0.2) is 17.3 Å². The molecule has 137 valence electrons. The summed E-state index contributed by atoms with van der Waals surface area (Å²) >= 11 is 0. The Hall–Kier alpha value is -0.766. The normalized spacial score (nSPS) is 12.3. The largest absolute Gasteiger partial charge is 3.00 e. The smallest absolute Gasteiger partial charge is 1.00 e. The maximum absolute atomic E-state index is 9.30. The zero-order valence-corrected chi connectivity index (χ0v) is 18.7. The first kappa shape index (κ1) is 25.2. The summed E-state index contributed by atoms with van der Waals surface area (Å²) in [4.78, 5) is 0. The Kier molecular flexibility index (Phi) is 9.67. The number of aliphatic hydroxyl groups excluding tert-OH is 1. The Bertz CT molecular complexity index is 965. The molecule has 2 nitrogen and oxygen atoms in total. The van der Waals surface area contributed by atoms with Gasteiger partial charge in [-0.15, -0.1) is 27.8 Å². The van der Waals surface area contributed by atoms with Gasteiger partial charge in [0.05, 0.1) is 0 Å². The third-order valence-electron chi connectivity index (χ3n) is 4.13. The van der Waals surface area contributed by atoms with Gasteiger partial charge in [0.25, 0.3) is 0 Å². The second-order valence-corrected chi connectivity index (χ2v) is 7.21. The van der Waals surface area contributed by atoms with Crippen molar-refractivity contribution in [3.63, 3.8) is 0 Å². The molecule has 2 aromatic rings. The van der Waals surface area contributed by atoms with Gasteiger partial charge in [-0.05, 0) is 45.0 Å². The summed E-state index contributed by atoms with van der Waals surface area (Å²) in [5.74, 6) is 0. The van der Waals surface area contributed by atoms with E-state index in [2.05, 4.69) is 75.5 Å². The van der Waals surface area contributed by atoms with Crippen LogP contribution in [0.5, 0.6) is 0 Å². The first-order chi connectivity index (χ1) is 10.9. The van der Waals surface area contributed by atoms with E-state index in [0.717, 1.165) is 16.5 Å². The van der Waals surface area contributed by atoms with E-state index in [0.29, 0.717) is 6.42 Å². The number of fused-ring (bicyclic) bond motifs is 2. The molecule has 0 saturated heterocycles. The molecule has 0 spiro atoms. The van der Waals surface area contributed by atoms with Gasteiger partial charge in [-0.2, -0.15) is 0 Å². The first-order valence-electron chi connectivity index (χ1n) is 8.16. The Morgan fingerprint density at radius 3 is 2.31 bits per heavy atom. The van der Waals surface area contributed by atoms with Gasteiger partial charge in [-0.1, -0.05) is 41.5 Å². The van der Waals surface area contributed by atoms with Gasteiger partial charge in [0.1, 0.15) is 0 Å². The predicted octanol–water partition coefficient (Wildman–Crippen LogP) is -3.24. The van der Waals surface area contributed by atoms with Crippen LogP contribution in [0.25, 0.3) is 11.6 Å². The molecule has 2 aromatic carbocycles. The van der Waals surface area contributed by atoms with Crippen molar-refractivity contribution in [3.05, 3.63) is 62.8 Å². The molecule has 3 rings (SSSR count). The van der Waals surface area contributed by atoms with Crippen molar-refractivity contribution in [2.24, 2.45) is 0 Å².